The first-order valence-electron chi connectivity index (χ1n) is 10.3. The molecule has 33 heavy (non-hydrogen) atoms. The highest BCUT2D eigenvalue weighted by Gasteiger charge is 2.39. The van der Waals surface area contributed by atoms with E-state index in [1.807, 2.05) is 36.4 Å². The van der Waals surface area contributed by atoms with E-state index >= 15 is 0 Å². The molecule has 2 aromatic carbocycles. The Bertz CT molecular complexity index is 1420. The normalized spacial score (nSPS) is 15.9. The molecule has 1 aliphatic heterocycles. The van der Waals surface area contributed by atoms with E-state index < -0.39 is 23.4 Å². The molecule has 0 fully saturated rings. The summed E-state index contributed by atoms with van der Waals surface area (Å²) in [6, 6.07) is 18.3. The molecule has 2 heterocycles. The molecule has 0 saturated heterocycles. The number of esters is 2. The van der Waals surface area contributed by atoms with Crippen molar-refractivity contribution in [2.24, 2.45) is 5.73 Å². The number of hydrogen-bond donors (Lipinski definition) is 1. The fourth-order valence-corrected chi connectivity index (χ4v) is 5.01. The molecule has 0 aliphatic carbocycles. The van der Waals surface area contributed by atoms with Crippen LogP contribution in [0.2, 0.25) is 0 Å². The monoisotopic (exact) mass is 462 g/mol. The number of carbonyl (C=O) groups is 2. The number of nitrogens with zero attached hydrogens (tertiary/aromatic N) is 1. The Labute approximate surface area is 193 Å². The lowest BCUT2D eigenvalue weighted by atomic mass is 9.83. The lowest BCUT2D eigenvalue weighted by Gasteiger charge is -2.26. The van der Waals surface area contributed by atoms with Crippen LogP contribution in [0.4, 0.5) is 0 Å². The van der Waals surface area contributed by atoms with Gasteiger partial charge in [0, 0.05) is 0 Å². The number of benzene rings is 2. The molecule has 0 radical (unpaired) electrons. The molecule has 1 atom stereocenters. The Morgan fingerprint density at radius 3 is 2.27 bits per heavy atom. The molecule has 0 spiro atoms. The molecule has 1 aromatic heterocycles. The number of fused-ring (bicyclic) bond motifs is 1. The molecule has 4 rings (SSSR count). The van der Waals surface area contributed by atoms with Gasteiger partial charge in [-0.05, 0) is 24.1 Å². The maximum absolute atomic E-state index is 13.4. The summed E-state index contributed by atoms with van der Waals surface area (Å²) in [4.78, 5) is 39.4. The van der Waals surface area contributed by atoms with Gasteiger partial charge in [0.15, 0.2) is 0 Å². The third kappa shape index (κ3) is 4.01. The molecule has 3 aromatic rings. The molecule has 0 saturated carbocycles. The quantitative estimate of drug-likeness (QED) is 0.578. The number of rotatable bonds is 5. The van der Waals surface area contributed by atoms with Crippen LogP contribution in [0.5, 0.6) is 0 Å². The molecule has 168 valence electrons. The van der Waals surface area contributed by atoms with Gasteiger partial charge in [-0.2, -0.15) is 0 Å². The van der Waals surface area contributed by atoms with Crippen LogP contribution in [0.15, 0.2) is 71.0 Å². The average molecular weight is 463 g/mol. The molecular formula is C25H22N2O5S. The molecule has 8 heteroatoms. The van der Waals surface area contributed by atoms with Gasteiger partial charge in [-0.1, -0.05) is 60.7 Å². The largest absolute Gasteiger partial charge is 0.466 e. The summed E-state index contributed by atoms with van der Waals surface area (Å²) in [6.07, 6.45) is 1.73. The molecule has 0 bridgehead atoms. The van der Waals surface area contributed by atoms with Gasteiger partial charge >= 0.3 is 11.9 Å². The summed E-state index contributed by atoms with van der Waals surface area (Å²) in [5.41, 5.74) is 7.65. The third-order valence-electron chi connectivity index (χ3n) is 5.28. The SMILES string of the molecule is CCOC(=O)C1=c2s/c(=C\c3ccccc3)c(=O)n2C(N)=C(C(=O)OC)C1c1ccccc1. The highest BCUT2D eigenvalue weighted by molar-refractivity contribution is 7.07. The van der Waals surface area contributed by atoms with Crippen LogP contribution in [0.1, 0.15) is 24.0 Å². The van der Waals surface area contributed by atoms with Gasteiger partial charge in [0.2, 0.25) is 0 Å². The fraction of sp³-hybridized carbons (Fsp3) is 0.160. The number of carbonyl (C=O) groups excluding carboxylic acids is 2. The van der Waals surface area contributed by atoms with Crippen molar-refractivity contribution < 1.29 is 19.1 Å². The van der Waals surface area contributed by atoms with Gasteiger partial charge in [-0.3, -0.25) is 9.36 Å². The van der Waals surface area contributed by atoms with Crippen LogP contribution in [-0.2, 0) is 19.1 Å². The van der Waals surface area contributed by atoms with E-state index in [0.717, 1.165) is 16.9 Å². The molecule has 1 aliphatic rings. The minimum Gasteiger partial charge on any atom is -0.466 e. The van der Waals surface area contributed by atoms with E-state index in [9.17, 15) is 14.4 Å². The molecule has 2 N–H and O–H groups in total. The number of hydrogen-bond acceptors (Lipinski definition) is 7. The van der Waals surface area contributed by atoms with Gasteiger partial charge in [-0.25, -0.2) is 9.59 Å². The molecular weight excluding hydrogens is 440 g/mol. The predicted molar refractivity (Wildman–Crippen MR) is 126 cm³/mol. The van der Waals surface area contributed by atoms with Gasteiger partial charge in [0.1, 0.15) is 10.5 Å². The second-order valence-corrected chi connectivity index (χ2v) is 8.27. The van der Waals surface area contributed by atoms with Crippen LogP contribution in [0.25, 0.3) is 17.5 Å². The maximum atomic E-state index is 13.4. The Kier molecular flexibility index (Phi) is 6.28. The first-order valence-corrected chi connectivity index (χ1v) is 11.1. The van der Waals surface area contributed by atoms with Crippen LogP contribution in [0, 0.1) is 0 Å². The van der Waals surface area contributed by atoms with Crippen molar-refractivity contribution in [2.75, 3.05) is 13.7 Å². The highest BCUT2D eigenvalue weighted by atomic mass is 32.1. The summed E-state index contributed by atoms with van der Waals surface area (Å²) in [5.74, 6) is -2.25. The summed E-state index contributed by atoms with van der Waals surface area (Å²) >= 11 is 1.13. The molecule has 1 unspecified atom stereocenters. The average Bonchev–Trinajstić information content (AvgIpc) is 3.15. The number of ether oxygens (including phenoxy) is 2. The van der Waals surface area contributed by atoms with Gasteiger partial charge in [-0.15, -0.1) is 11.3 Å². The van der Waals surface area contributed by atoms with E-state index in [-0.39, 0.29) is 23.6 Å². The maximum Gasteiger partial charge on any atom is 0.338 e. The van der Waals surface area contributed by atoms with Crippen LogP contribution < -0.4 is 20.5 Å². The number of aromatic nitrogens is 1. The number of methoxy groups -OCH3 is 1. The minimum atomic E-state index is -0.847. The number of nitrogens with two attached hydrogens (primary N) is 1. The van der Waals surface area contributed by atoms with Crippen molar-refractivity contribution >= 4 is 40.7 Å². The summed E-state index contributed by atoms with van der Waals surface area (Å²) < 4.78 is 12.3. The lowest BCUT2D eigenvalue weighted by Crippen LogP contribution is -2.41. The van der Waals surface area contributed by atoms with Crippen molar-refractivity contribution in [1.82, 2.24) is 4.57 Å². The Morgan fingerprint density at radius 1 is 1.03 bits per heavy atom. The van der Waals surface area contributed by atoms with E-state index in [0.29, 0.717) is 14.8 Å². The second kappa shape index (κ2) is 9.30. The zero-order valence-electron chi connectivity index (χ0n) is 18.1. The zero-order valence-corrected chi connectivity index (χ0v) is 18.9. The Hall–Kier alpha value is -3.91. The van der Waals surface area contributed by atoms with Gasteiger partial charge in [0.05, 0.1) is 35.3 Å². The zero-order chi connectivity index (χ0) is 23.5. The molecule has 7 nitrogen and oxygen atoms in total. The summed E-state index contributed by atoms with van der Waals surface area (Å²) in [5, 5.41) is 0. The van der Waals surface area contributed by atoms with Crippen molar-refractivity contribution in [3.8, 4) is 0 Å². The number of thiazole rings is 1. The van der Waals surface area contributed by atoms with Crippen LogP contribution in [-0.4, -0.2) is 30.2 Å². The van der Waals surface area contributed by atoms with Crippen molar-refractivity contribution in [1.29, 1.82) is 0 Å². The predicted octanol–water partition coefficient (Wildman–Crippen LogP) is 1.55. The fourth-order valence-electron chi connectivity index (χ4n) is 3.84. The van der Waals surface area contributed by atoms with Crippen molar-refractivity contribution in [3.63, 3.8) is 0 Å². The topological polar surface area (TPSA) is 101 Å². The van der Waals surface area contributed by atoms with Crippen molar-refractivity contribution in [2.45, 2.75) is 12.8 Å². The highest BCUT2D eigenvalue weighted by Crippen LogP contribution is 2.37. The van der Waals surface area contributed by atoms with Gasteiger partial charge < -0.3 is 15.2 Å². The van der Waals surface area contributed by atoms with E-state index in [1.54, 1.807) is 37.3 Å². The van der Waals surface area contributed by atoms with E-state index in [2.05, 4.69) is 0 Å². The minimum absolute atomic E-state index is 0.0189. The first kappa shape index (κ1) is 22.3. The standard InChI is InChI=1S/C25H22N2O5S/c1-3-32-25(30)20-18(16-12-8-5-9-13-16)19(24(29)31-2)21(26)27-22(28)17(33-23(20)27)14-15-10-6-4-7-11-15/h4-14,18H,3,26H2,1-2H3/b17-14-. The Morgan fingerprint density at radius 2 is 1.67 bits per heavy atom. The van der Waals surface area contributed by atoms with Crippen LogP contribution >= 0.6 is 11.3 Å². The third-order valence-corrected chi connectivity index (χ3v) is 6.39. The van der Waals surface area contributed by atoms with E-state index in [1.165, 1.54) is 11.7 Å². The smallest absolute Gasteiger partial charge is 0.338 e. The van der Waals surface area contributed by atoms with E-state index in [4.69, 9.17) is 15.2 Å². The lowest BCUT2D eigenvalue weighted by molar-refractivity contribution is -0.136. The summed E-state index contributed by atoms with van der Waals surface area (Å²) in [6.45, 7) is 1.83. The first-order chi connectivity index (χ1) is 16.0. The Balaban J connectivity index is 2.13. The molecule has 0 amide bonds. The van der Waals surface area contributed by atoms with Crippen molar-refractivity contribution in [3.05, 3.63) is 96.9 Å². The van der Waals surface area contributed by atoms with Gasteiger partial charge in [0.25, 0.3) is 5.56 Å². The van der Waals surface area contributed by atoms with Crippen LogP contribution in [0.3, 0.4) is 0 Å². The summed E-state index contributed by atoms with van der Waals surface area (Å²) in [7, 11) is 1.23. The second-order valence-electron chi connectivity index (χ2n) is 7.24.